The maximum atomic E-state index is 6.13. The van der Waals surface area contributed by atoms with Crippen LogP contribution in [0.1, 0.15) is 0 Å². The van der Waals surface area contributed by atoms with E-state index < -0.39 is 0 Å². The number of rotatable bonds is 5. The smallest absolute Gasteiger partial charge is 0.209 e. The minimum absolute atomic E-state index is 0.270. The lowest BCUT2D eigenvalue weighted by Gasteiger charge is -2.20. The summed E-state index contributed by atoms with van der Waals surface area (Å²) >= 11 is 0. The van der Waals surface area contributed by atoms with Crippen molar-refractivity contribution in [1.82, 2.24) is 0 Å². The van der Waals surface area contributed by atoms with Crippen molar-refractivity contribution < 1.29 is 14.2 Å². The molecule has 0 fully saturated rings. The Morgan fingerprint density at radius 2 is 1.38 bits per heavy atom. The summed E-state index contributed by atoms with van der Waals surface area (Å²) < 4.78 is 16.9. The molecular weight excluding hydrogens is 344 g/mol. The lowest BCUT2D eigenvalue weighted by atomic mass is 10.3. The molecule has 3 aromatic carbocycles. The van der Waals surface area contributed by atoms with Crippen LogP contribution >= 0.6 is 0 Å². The Labute approximate surface area is 155 Å². The lowest BCUT2D eigenvalue weighted by molar-refractivity contribution is 0.440. The molecule has 1 atom stereocenters. The van der Waals surface area contributed by atoms with Gasteiger partial charge in [-0.05, 0) is 42.5 Å². The average Bonchev–Trinajstić information content (AvgIpc) is 2.67. The molecular formula is C22H17O3S+. The normalized spacial score (nSPS) is 14.4. The fourth-order valence-electron chi connectivity index (χ4n) is 2.85. The highest BCUT2D eigenvalue weighted by Crippen LogP contribution is 2.48. The Morgan fingerprint density at radius 1 is 0.731 bits per heavy atom. The summed E-state index contributed by atoms with van der Waals surface area (Å²) in [5.41, 5.74) is 0. The van der Waals surface area contributed by atoms with Gasteiger partial charge in [0.2, 0.25) is 9.79 Å². The van der Waals surface area contributed by atoms with E-state index in [2.05, 4.69) is 37.4 Å². The van der Waals surface area contributed by atoms with Gasteiger partial charge in [0, 0.05) is 12.1 Å². The summed E-state index contributed by atoms with van der Waals surface area (Å²) in [5.74, 6) is 3.14. The number of ether oxygens (including phenoxy) is 3. The Hall–Kier alpha value is -3.11. The highest BCUT2D eigenvalue weighted by Gasteiger charge is 2.39. The van der Waals surface area contributed by atoms with Gasteiger partial charge in [-0.3, -0.25) is 0 Å². The van der Waals surface area contributed by atoms with E-state index in [1.807, 2.05) is 42.5 Å². The second-order valence-electron chi connectivity index (χ2n) is 5.50. The molecule has 26 heavy (non-hydrogen) atoms. The molecule has 4 heteroatoms. The first-order valence-electron chi connectivity index (χ1n) is 8.10. The average molecular weight is 361 g/mol. The molecule has 1 aliphatic heterocycles. The van der Waals surface area contributed by atoms with E-state index in [0.29, 0.717) is 5.75 Å². The summed E-state index contributed by atoms with van der Waals surface area (Å²) in [6.07, 6.45) is 2.84. The third-order valence-electron chi connectivity index (χ3n) is 3.92. The Morgan fingerprint density at radius 3 is 2.15 bits per heavy atom. The molecule has 0 saturated heterocycles. The number of hydrogen-bond donors (Lipinski definition) is 0. The van der Waals surface area contributed by atoms with Crippen molar-refractivity contribution in [3.8, 4) is 23.0 Å². The zero-order valence-corrected chi connectivity index (χ0v) is 14.9. The van der Waals surface area contributed by atoms with Crippen LogP contribution in [0.15, 0.2) is 107 Å². The van der Waals surface area contributed by atoms with Gasteiger partial charge >= 0.3 is 0 Å². The summed E-state index contributed by atoms with van der Waals surface area (Å²) in [6, 6.07) is 22.1. The van der Waals surface area contributed by atoms with Crippen molar-refractivity contribution in [2.75, 3.05) is 0 Å². The van der Waals surface area contributed by atoms with Crippen LogP contribution in [-0.2, 0) is 10.9 Å². The van der Waals surface area contributed by atoms with Crippen LogP contribution in [-0.4, -0.2) is 0 Å². The third-order valence-corrected chi connectivity index (χ3v) is 6.22. The first-order chi connectivity index (χ1) is 12.8. The molecule has 1 heterocycles. The first kappa shape index (κ1) is 16.4. The molecule has 3 aromatic rings. The Kier molecular flexibility index (Phi) is 4.42. The number of fused-ring (bicyclic) bond motifs is 2. The van der Waals surface area contributed by atoms with Gasteiger partial charge in [-0.25, -0.2) is 0 Å². The molecule has 0 N–H and O–H groups in total. The summed E-state index contributed by atoms with van der Waals surface area (Å²) in [5, 5.41) is 0. The Balaban J connectivity index is 1.83. The van der Waals surface area contributed by atoms with Gasteiger partial charge in [-0.2, -0.15) is 0 Å². The van der Waals surface area contributed by atoms with E-state index >= 15 is 0 Å². The van der Waals surface area contributed by atoms with E-state index in [9.17, 15) is 0 Å². The zero-order chi connectivity index (χ0) is 17.9. The van der Waals surface area contributed by atoms with Gasteiger partial charge in [-0.15, -0.1) is 0 Å². The largest absolute Gasteiger partial charge is 0.466 e. The second kappa shape index (κ2) is 7.02. The fraction of sp³-hybridized carbons (Fsp3) is 0. The van der Waals surface area contributed by atoms with Gasteiger partial charge in [-0.1, -0.05) is 25.3 Å². The predicted octanol–water partition coefficient (Wildman–Crippen LogP) is 5.93. The zero-order valence-electron chi connectivity index (χ0n) is 14.1. The molecule has 0 bridgehead atoms. The van der Waals surface area contributed by atoms with Gasteiger partial charge in [0.1, 0.15) is 22.4 Å². The highest BCUT2D eigenvalue weighted by molar-refractivity contribution is 7.97. The summed E-state index contributed by atoms with van der Waals surface area (Å²) in [6.45, 7) is 7.20. The maximum Gasteiger partial charge on any atom is 0.209 e. The SMILES string of the molecule is C=COc1ccc([S+]2c3ccccc3Oc3cc(OC=C)ccc32)cc1. The van der Waals surface area contributed by atoms with Crippen molar-refractivity contribution in [1.29, 1.82) is 0 Å². The van der Waals surface area contributed by atoms with Gasteiger partial charge in [0.15, 0.2) is 16.4 Å². The molecule has 128 valence electrons. The standard InChI is InChI=1S/C22H17O3S/c1-3-23-16-9-12-18(13-10-16)26-21-8-6-5-7-19(21)25-20-15-17(24-4-2)11-14-22(20)26/h3-15H,1-2H2/q+1. The van der Waals surface area contributed by atoms with Crippen molar-refractivity contribution in [3.05, 3.63) is 92.4 Å². The quantitative estimate of drug-likeness (QED) is 0.326. The molecule has 0 aliphatic carbocycles. The molecule has 4 rings (SSSR count). The van der Waals surface area contributed by atoms with Crippen molar-refractivity contribution in [3.63, 3.8) is 0 Å². The van der Waals surface area contributed by atoms with E-state index in [4.69, 9.17) is 14.2 Å². The summed E-state index contributed by atoms with van der Waals surface area (Å²) in [7, 11) is -0.270. The molecule has 0 radical (unpaired) electrons. The highest BCUT2D eigenvalue weighted by atomic mass is 32.2. The van der Waals surface area contributed by atoms with E-state index in [1.54, 1.807) is 0 Å². The third kappa shape index (κ3) is 2.95. The lowest BCUT2D eigenvalue weighted by Crippen LogP contribution is -2.12. The minimum Gasteiger partial charge on any atom is -0.466 e. The van der Waals surface area contributed by atoms with Gasteiger partial charge < -0.3 is 14.2 Å². The Bertz CT molecular complexity index is 963. The maximum absolute atomic E-state index is 6.13. The first-order valence-corrected chi connectivity index (χ1v) is 9.33. The topological polar surface area (TPSA) is 27.7 Å². The molecule has 0 saturated carbocycles. The molecule has 3 nitrogen and oxygen atoms in total. The van der Waals surface area contributed by atoms with Crippen LogP contribution in [0.3, 0.4) is 0 Å². The van der Waals surface area contributed by atoms with Crippen LogP contribution < -0.4 is 14.2 Å². The molecule has 1 unspecified atom stereocenters. The van der Waals surface area contributed by atoms with Crippen molar-refractivity contribution in [2.45, 2.75) is 14.7 Å². The fourth-order valence-corrected chi connectivity index (χ4v) is 5.04. The van der Waals surface area contributed by atoms with Crippen LogP contribution in [0, 0.1) is 0 Å². The van der Waals surface area contributed by atoms with E-state index in [-0.39, 0.29) is 10.9 Å². The molecule has 0 spiro atoms. The van der Waals surface area contributed by atoms with Gasteiger partial charge in [0.25, 0.3) is 0 Å². The summed E-state index contributed by atoms with van der Waals surface area (Å²) in [4.78, 5) is 3.48. The van der Waals surface area contributed by atoms with E-state index in [1.165, 1.54) is 17.4 Å². The number of hydrogen-bond acceptors (Lipinski definition) is 3. The molecule has 0 amide bonds. The monoisotopic (exact) mass is 361 g/mol. The van der Waals surface area contributed by atoms with Crippen molar-refractivity contribution >= 4 is 10.9 Å². The minimum atomic E-state index is -0.270. The predicted molar refractivity (Wildman–Crippen MR) is 103 cm³/mol. The van der Waals surface area contributed by atoms with Crippen molar-refractivity contribution in [2.24, 2.45) is 0 Å². The van der Waals surface area contributed by atoms with Crippen LogP contribution in [0.25, 0.3) is 0 Å². The van der Waals surface area contributed by atoms with E-state index in [0.717, 1.165) is 27.0 Å². The number of para-hydroxylation sites is 1. The van der Waals surface area contributed by atoms with Gasteiger partial charge in [0.05, 0.1) is 12.5 Å². The van der Waals surface area contributed by atoms with Crippen LogP contribution in [0.2, 0.25) is 0 Å². The molecule has 0 aromatic heterocycles. The van der Waals surface area contributed by atoms with Crippen LogP contribution in [0.4, 0.5) is 0 Å². The van der Waals surface area contributed by atoms with Crippen LogP contribution in [0.5, 0.6) is 23.0 Å². The number of benzene rings is 3. The molecule has 1 aliphatic rings. The second-order valence-corrected chi connectivity index (χ2v) is 7.47.